The molecule has 0 saturated heterocycles. The average molecular weight is 375 g/mol. The van der Waals surface area contributed by atoms with Gasteiger partial charge < -0.3 is 0 Å². The van der Waals surface area contributed by atoms with Crippen LogP contribution in [0.4, 0.5) is 5.13 Å². The largest absolute Gasteiger partial charge is 0.298 e. The molecule has 0 aliphatic rings. The number of carbonyl (C=O) groups is 2. The fraction of sp³-hybridized carbons (Fsp3) is 0.143. The summed E-state index contributed by atoms with van der Waals surface area (Å²) in [4.78, 5) is 29.7. The number of thiazole rings is 1. The molecule has 0 fully saturated rings. The Labute approximate surface area is 161 Å². The third kappa shape index (κ3) is 4.66. The lowest BCUT2D eigenvalue weighted by atomic mass is 10.1. The van der Waals surface area contributed by atoms with Crippen molar-refractivity contribution < 1.29 is 9.59 Å². The van der Waals surface area contributed by atoms with Crippen LogP contribution in [0.1, 0.15) is 43.3 Å². The molecule has 2 aromatic carbocycles. The van der Waals surface area contributed by atoms with Gasteiger partial charge in [-0.25, -0.2) is 4.98 Å². The second-order valence-electron chi connectivity index (χ2n) is 5.99. The van der Waals surface area contributed by atoms with Gasteiger partial charge in [0.05, 0.1) is 22.2 Å². The Morgan fingerprint density at radius 1 is 1.11 bits per heavy atom. The smallest absolute Gasteiger partial charge is 0.257 e. The monoisotopic (exact) mass is 375 g/mol. The lowest BCUT2D eigenvalue weighted by molar-refractivity contribution is 0.0984. The van der Waals surface area contributed by atoms with Crippen LogP contribution in [0, 0.1) is 18.3 Å². The van der Waals surface area contributed by atoms with E-state index in [1.165, 1.54) is 11.3 Å². The van der Waals surface area contributed by atoms with Gasteiger partial charge in [-0.1, -0.05) is 41.7 Å². The molecule has 0 unspecified atom stereocenters. The van der Waals surface area contributed by atoms with Crippen molar-refractivity contribution in [2.45, 2.75) is 19.8 Å². The third-order valence-electron chi connectivity index (χ3n) is 4.03. The first kappa shape index (κ1) is 18.5. The van der Waals surface area contributed by atoms with E-state index in [-0.39, 0.29) is 11.7 Å². The van der Waals surface area contributed by atoms with Gasteiger partial charge in [-0.3, -0.25) is 14.9 Å². The zero-order valence-corrected chi connectivity index (χ0v) is 15.5. The standard InChI is InChI=1S/C21H17N3O2S/c1-14-19(18(25)12-9-15-5-3-2-4-6-15)27-21(23-14)24-20(26)17-10-7-16(13-22)8-11-17/h2-8,10-11H,9,12H2,1H3,(H,23,24,26). The fourth-order valence-corrected chi connectivity index (χ4v) is 3.52. The highest BCUT2D eigenvalue weighted by Gasteiger charge is 2.17. The van der Waals surface area contributed by atoms with Crippen LogP contribution in [0.2, 0.25) is 0 Å². The highest BCUT2D eigenvalue weighted by molar-refractivity contribution is 7.17. The molecule has 6 heteroatoms. The van der Waals surface area contributed by atoms with Crippen molar-refractivity contribution in [3.05, 3.63) is 81.9 Å². The van der Waals surface area contributed by atoms with Crippen LogP contribution in [0.3, 0.4) is 0 Å². The van der Waals surface area contributed by atoms with Gasteiger partial charge in [-0.2, -0.15) is 5.26 Å². The van der Waals surface area contributed by atoms with Gasteiger partial charge in [-0.05, 0) is 43.2 Å². The molecule has 1 N–H and O–H groups in total. The molecule has 0 spiro atoms. The molecule has 1 heterocycles. The SMILES string of the molecule is Cc1nc(NC(=O)c2ccc(C#N)cc2)sc1C(=O)CCc1ccccc1. The second kappa shape index (κ2) is 8.39. The minimum absolute atomic E-state index is 0.0210. The van der Waals surface area contributed by atoms with Gasteiger partial charge in [0.15, 0.2) is 10.9 Å². The number of aromatic nitrogens is 1. The van der Waals surface area contributed by atoms with Crippen LogP contribution in [0.25, 0.3) is 0 Å². The maximum Gasteiger partial charge on any atom is 0.257 e. The molecule has 3 aromatic rings. The van der Waals surface area contributed by atoms with Gasteiger partial charge in [0.2, 0.25) is 0 Å². The number of amides is 1. The van der Waals surface area contributed by atoms with E-state index in [4.69, 9.17) is 5.26 Å². The maximum absolute atomic E-state index is 12.5. The zero-order chi connectivity index (χ0) is 19.2. The molecule has 1 aromatic heterocycles. The molecule has 3 rings (SSSR count). The summed E-state index contributed by atoms with van der Waals surface area (Å²) < 4.78 is 0. The molecular weight excluding hydrogens is 358 g/mol. The number of ketones is 1. The van der Waals surface area contributed by atoms with Crippen LogP contribution in [0.5, 0.6) is 0 Å². The average Bonchev–Trinajstić information content (AvgIpc) is 3.07. The van der Waals surface area contributed by atoms with Crippen molar-refractivity contribution in [2.24, 2.45) is 0 Å². The van der Waals surface area contributed by atoms with Gasteiger partial charge >= 0.3 is 0 Å². The molecule has 0 radical (unpaired) electrons. The highest BCUT2D eigenvalue weighted by atomic mass is 32.1. The van der Waals surface area contributed by atoms with E-state index in [1.54, 1.807) is 31.2 Å². The van der Waals surface area contributed by atoms with Crippen molar-refractivity contribution >= 4 is 28.2 Å². The summed E-state index contributed by atoms with van der Waals surface area (Å²) in [7, 11) is 0. The van der Waals surface area contributed by atoms with E-state index < -0.39 is 0 Å². The first-order chi connectivity index (χ1) is 13.1. The van der Waals surface area contributed by atoms with Gasteiger partial charge in [0, 0.05) is 12.0 Å². The number of anilines is 1. The summed E-state index contributed by atoms with van der Waals surface area (Å²) in [6.45, 7) is 1.77. The van der Waals surface area contributed by atoms with Crippen molar-refractivity contribution in [3.63, 3.8) is 0 Å². The number of hydrogen-bond donors (Lipinski definition) is 1. The minimum atomic E-state index is -0.323. The lowest BCUT2D eigenvalue weighted by Gasteiger charge is -2.01. The second-order valence-corrected chi connectivity index (χ2v) is 6.98. The summed E-state index contributed by atoms with van der Waals surface area (Å²) in [6, 6.07) is 18.2. The summed E-state index contributed by atoms with van der Waals surface area (Å²) in [5, 5.41) is 11.9. The summed E-state index contributed by atoms with van der Waals surface area (Å²) in [6.07, 6.45) is 1.07. The number of nitrogens with one attached hydrogen (secondary N) is 1. The number of Topliss-reactive ketones (excluding diaryl/α,β-unsaturated/α-hetero) is 1. The topological polar surface area (TPSA) is 82.8 Å². The molecule has 0 bridgehead atoms. The molecular formula is C21H17N3O2S. The van der Waals surface area contributed by atoms with Gasteiger partial charge in [-0.15, -0.1) is 0 Å². The number of benzene rings is 2. The maximum atomic E-state index is 12.5. The minimum Gasteiger partial charge on any atom is -0.298 e. The summed E-state index contributed by atoms with van der Waals surface area (Å²) in [5.74, 6) is -0.302. The van der Waals surface area contributed by atoms with E-state index >= 15 is 0 Å². The number of nitrogens with zero attached hydrogens (tertiary/aromatic N) is 2. The van der Waals surface area contributed by atoms with Crippen LogP contribution in [-0.4, -0.2) is 16.7 Å². The number of hydrogen-bond acceptors (Lipinski definition) is 5. The third-order valence-corrected chi connectivity index (χ3v) is 5.14. The first-order valence-corrected chi connectivity index (χ1v) is 9.24. The Morgan fingerprint density at radius 2 is 1.81 bits per heavy atom. The normalized spacial score (nSPS) is 10.2. The van der Waals surface area contributed by atoms with E-state index in [2.05, 4.69) is 10.3 Å². The highest BCUT2D eigenvalue weighted by Crippen LogP contribution is 2.25. The van der Waals surface area contributed by atoms with Crippen LogP contribution in [-0.2, 0) is 6.42 Å². The molecule has 0 aliphatic carbocycles. The predicted octanol–water partition coefficient (Wildman–Crippen LogP) is 4.39. The quantitative estimate of drug-likeness (QED) is 0.648. The number of carbonyl (C=O) groups excluding carboxylic acids is 2. The fourth-order valence-electron chi connectivity index (χ4n) is 2.59. The Morgan fingerprint density at radius 3 is 2.48 bits per heavy atom. The number of nitriles is 1. The Bertz CT molecular complexity index is 1000. The summed E-state index contributed by atoms with van der Waals surface area (Å²) >= 11 is 1.19. The van der Waals surface area contributed by atoms with Crippen LogP contribution < -0.4 is 5.32 Å². The summed E-state index contributed by atoms with van der Waals surface area (Å²) in [5.41, 5.74) is 2.65. The van der Waals surface area contributed by atoms with E-state index in [0.29, 0.717) is 39.7 Å². The lowest BCUT2D eigenvalue weighted by Crippen LogP contribution is -2.11. The molecule has 134 valence electrons. The molecule has 0 atom stereocenters. The van der Waals surface area contributed by atoms with E-state index in [0.717, 1.165) is 5.56 Å². The van der Waals surface area contributed by atoms with Crippen molar-refractivity contribution in [1.82, 2.24) is 4.98 Å². The molecule has 1 amide bonds. The Kier molecular flexibility index (Phi) is 5.74. The van der Waals surface area contributed by atoms with Gasteiger partial charge in [0.25, 0.3) is 5.91 Å². The van der Waals surface area contributed by atoms with Crippen LogP contribution in [0.15, 0.2) is 54.6 Å². The zero-order valence-electron chi connectivity index (χ0n) is 14.7. The first-order valence-electron chi connectivity index (χ1n) is 8.43. The molecule has 27 heavy (non-hydrogen) atoms. The van der Waals surface area contributed by atoms with Crippen molar-refractivity contribution in [2.75, 3.05) is 5.32 Å². The van der Waals surface area contributed by atoms with E-state index in [1.807, 2.05) is 36.4 Å². The van der Waals surface area contributed by atoms with Crippen molar-refractivity contribution in [3.8, 4) is 6.07 Å². The van der Waals surface area contributed by atoms with Crippen LogP contribution >= 0.6 is 11.3 Å². The van der Waals surface area contributed by atoms with Crippen molar-refractivity contribution in [1.29, 1.82) is 5.26 Å². The molecule has 0 aliphatic heterocycles. The van der Waals surface area contributed by atoms with E-state index in [9.17, 15) is 9.59 Å². The number of rotatable bonds is 6. The molecule has 0 saturated carbocycles. The predicted molar refractivity (Wildman–Crippen MR) is 105 cm³/mol. The Hall–Kier alpha value is -3.30. The molecule has 5 nitrogen and oxygen atoms in total. The van der Waals surface area contributed by atoms with Gasteiger partial charge in [0.1, 0.15) is 0 Å². The Balaban J connectivity index is 1.65. The number of aryl methyl sites for hydroxylation is 2.